The predicted octanol–water partition coefficient (Wildman–Crippen LogP) is 0.786. The minimum atomic E-state index is -5.08. The molecule has 0 aliphatic carbocycles. The van der Waals surface area contributed by atoms with E-state index in [2.05, 4.69) is 30.5 Å². The fraction of sp³-hybridized carbons (Fsp3) is 0.500. The van der Waals surface area contributed by atoms with Crippen molar-refractivity contribution in [3.8, 4) is 0 Å². The van der Waals surface area contributed by atoms with Gasteiger partial charge in [-0.2, -0.15) is 13.2 Å². The Morgan fingerprint density at radius 2 is 1.93 bits per heavy atom. The number of carbonyl (C=O) groups is 2. The molecule has 164 valence electrons. The molecule has 0 aromatic carbocycles. The van der Waals surface area contributed by atoms with Crippen molar-refractivity contribution in [1.82, 2.24) is 30.3 Å². The summed E-state index contributed by atoms with van der Waals surface area (Å²) in [4.78, 5) is 30.3. The lowest BCUT2D eigenvalue weighted by molar-refractivity contribution is -0.192. The van der Waals surface area contributed by atoms with Crippen LogP contribution >= 0.6 is 0 Å². The Hall–Kier alpha value is -3.45. The lowest BCUT2D eigenvalue weighted by Gasteiger charge is -2.32. The SMILES string of the molecule is NC(=O)NCc1cn(CC2CCN(c3cnccn3)CC2)nn1.O=C(O)C(F)(F)F. The Morgan fingerprint density at radius 1 is 1.27 bits per heavy atom. The number of aliphatic carboxylic acids is 1. The Balaban J connectivity index is 0.000000396. The van der Waals surface area contributed by atoms with Gasteiger partial charge in [-0.05, 0) is 18.8 Å². The molecule has 3 rings (SSSR count). The molecule has 0 unspecified atom stereocenters. The van der Waals surface area contributed by atoms with Crippen molar-refractivity contribution in [3.63, 3.8) is 0 Å². The number of urea groups is 1. The number of nitrogens with one attached hydrogen (secondary N) is 1. The summed E-state index contributed by atoms with van der Waals surface area (Å²) in [5, 5.41) is 17.8. The Morgan fingerprint density at radius 3 is 2.47 bits per heavy atom. The highest BCUT2D eigenvalue weighted by atomic mass is 19.4. The van der Waals surface area contributed by atoms with Gasteiger partial charge < -0.3 is 21.1 Å². The molecule has 4 N–H and O–H groups in total. The van der Waals surface area contributed by atoms with Crippen molar-refractivity contribution >= 4 is 17.8 Å². The van der Waals surface area contributed by atoms with Crippen LogP contribution in [0, 0.1) is 5.92 Å². The van der Waals surface area contributed by atoms with Gasteiger partial charge >= 0.3 is 18.2 Å². The van der Waals surface area contributed by atoms with E-state index in [1.165, 1.54) is 0 Å². The molecule has 2 aromatic rings. The quantitative estimate of drug-likeness (QED) is 0.629. The number of carbonyl (C=O) groups excluding carboxylic acids is 1. The topological polar surface area (TPSA) is 152 Å². The average Bonchev–Trinajstić information content (AvgIpc) is 3.15. The molecule has 0 atom stereocenters. The van der Waals surface area contributed by atoms with Crippen LogP contribution in [0.4, 0.5) is 23.8 Å². The zero-order valence-electron chi connectivity index (χ0n) is 15.8. The summed E-state index contributed by atoms with van der Waals surface area (Å²) in [6.45, 7) is 3.07. The molecule has 1 aliphatic heterocycles. The van der Waals surface area contributed by atoms with Crippen LogP contribution in [0.25, 0.3) is 0 Å². The Bertz CT molecular complexity index is 823. The number of nitrogens with two attached hydrogens (primary N) is 1. The lowest BCUT2D eigenvalue weighted by Crippen LogP contribution is -2.35. The molecule has 1 fully saturated rings. The summed E-state index contributed by atoms with van der Waals surface area (Å²) in [6.07, 6.45) is 4.13. The van der Waals surface area contributed by atoms with E-state index in [1.54, 1.807) is 18.6 Å². The van der Waals surface area contributed by atoms with Crippen LogP contribution in [0.2, 0.25) is 0 Å². The second-order valence-electron chi connectivity index (χ2n) is 6.45. The number of amides is 2. The predicted molar refractivity (Wildman–Crippen MR) is 97.1 cm³/mol. The first-order valence-electron chi connectivity index (χ1n) is 8.88. The molecule has 1 aliphatic rings. The molecule has 3 heterocycles. The molecule has 1 saturated heterocycles. The fourth-order valence-corrected chi connectivity index (χ4v) is 2.75. The van der Waals surface area contributed by atoms with Gasteiger partial charge in [0.25, 0.3) is 0 Å². The maximum Gasteiger partial charge on any atom is 0.490 e. The molecular formula is C16H21F3N8O3. The molecular weight excluding hydrogens is 409 g/mol. The van der Waals surface area contributed by atoms with Gasteiger partial charge in [0.1, 0.15) is 11.5 Å². The average molecular weight is 430 g/mol. The minimum absolute atomic E-state index is 0.306. The van der Waals surface area contributed by atoms with Crippen molar-refractivity contribution in [1.29, 1.82) is 0 Å². The number of hydrogen-bond donors (Lipinski definition) is 3. The number of halogens is 3. The van der Waals surface area contributed by atoms with Crippen molar-refractivity contribution in [2.75, 3.05) is 18.0 Å². The highest BCUT2D eigenvalue weighted by Gasteiger charge is 2.38. The van der Waals surface area contributed by atoms with E-state index in [0.29, 0.717) is 18.2 Å². The largest absolute Gasteiger partial charge is 0.490 e. The van der Waals surface area contributed by atoms with Gasteiger partial charge in [0.05, 0.1) is 18.9 Å². The zero-order chi connectivity index (χ0) is 22.1. The van der Waals surface area contributed by atoms with Crippen LogP contribution in [-0.4, -0.2) is 61.3 Å². The normalized spacial score (nSPS) is 14.6. The van der Waals surface area contributed by atoms with E-state index < -0.39 is 18.2 Å². The van der Waals surface area contributed by atoms with Crippen molar-refractivity contribution in [2.24, 2.45) is 11.7 Å². The number of alkyl halides is 3. The van der Waals surface area contributed by atoms with Crippen molar-refractivity contribution in [2.45, 2.75) is 32.1 Å². The number of nitrogens with zero attached hydrogens (tertiary/aromatic N) is 6. The van der Waals surface area contributed by atoms with Gasteiger partial charge in [0.15, 0.2) is 0 Å². The molecule has 0 radical (unpaired) electrons. The summed E-state index contributed by atoms with van der Waals surface area (Å²) in [5.74, 6) is -1.26. The van der Waals surface area contributed by atoms with E-state index in [-0.39, 0.29) is 0 Å². The van der Waals surface area contributed by atoms with Crippen molar-refractivity contribution in [3.05, 3.63) is 30.5 Å². The number of rotatable bonds is 5. The van der Waals surface area contributed by atoms with E-state index in [0.717, 1.165) is 38.3 Å². The number of aromatic nitrogens is 5. The van der Waals surface area contributed by atoms with Gasteiger partial charge in [-0.25, -0.2) is 14.6 Å². The maximum absolute atomic E-state index is 10.7. The van der Waals surface area contributed by atoms with Gasteiger partial charge in [-0.15, -0.1) is 5.10 Å². The molecule has 14 heteroatoms. The Kier molecular flexibility index (Phi) is 7.89. The highest BCUT2D eigenvalue weighted by molar-refractivity contribution is 5.73. The molecule has 30 heavy (non-hydrogen) atoms. The maximum atomic E-state index is 10.7. The van der Waals surface area contributed by atoms with Crippen LogP contribution in [0.15, 0.2) is 24.8 Å². The molecule has 0 saturated carbocycles. The molecule has 2 amide bonds. The van der Waals surface area contributed by atoms with Gasteiger partial charge in [0.2, 0.25) is 0 Å². The number of primary amides is 1. The third-order valence-corrected chi connectivity index (χ3v) is 4.21. The van der Waals surface area contributed by atoms with Gasteiger partial charge in [0, 0.05) is 32.0 Å². The van der Waals surface area contributed by atoms with Crippen LogP contribution < -0.4 is 16.0 Å². The first kappa shape index (κ1) is 22.8. The summed E-state index contributed by atoms with van der Waals surface area (Å²) >= 11 is 0. The minimum Gasteiger partial charge on any atom is -0.475 e. The molecule has 2 aromatic heterocycles. The van der Waals surface area contributed by atoms with Gasteiger partial charge in [-0.3, -0.25) is 9.67 Å². The van der Waals surface area contributed by atoms with Crippen LogP contribution in [0.1, 0.15) is 18.5 Å². The third kappa shape index (κ3) is 7.52. The van der Waals surface area contributed by atoms with E-state index in [4.69, 9.17) is 15.6 Å². The number of carboxylic acids is 1. The number of anilines is 1. The number of carboxylic acid groups (broad SMARTS) is 1. The van der Waals surface area contributed by atoms with E-state index >= 15 is 0 Å². The lowest BCUT2D eigenvalue weighted by atomic mass is 9.97. The summed E-state index contributed by atoms with van der Waals surface area (Å²) in [6, 6.07) is -0.559. The number of piperidine rings is 1. The van der Waals surface area contributed by atoms with E-state index in [9.17, 15) is 18.0 Å². The molecule has 11 nitrogen and oxygen atoms in total. The monoisotopic (exact) mass is 430 g/mol. The standard InChI is InChI=1S/C14H20N8O.C2HF3O2/c15-14(23)18-7-12-10-22(20-19-12)9-11-1-5-21(6-2-11)13-8-16-3-4-17-13;3-2(4,5)1(6)7/h3-4,8,10-11H,1-2,5-7,9H2,(H3,15,18,23);(H,6,7). The summed E-state index contributed by atoms with van der Waals surface area (Å²) in [5.41, 5.74) is 5.75. The Labute approximate surface area is 169 Å². The van der Waals surface area contributed by atoms with Crippen molar-refractivity contribution < 1.29 is 27.9 Å². The smallest absolute Gasteiger partial charge is 0.475 e. The van der Waals surface area contributed by atoms with Crippen LogP contribution in [-0.2, 0) is 17.9 Å². The second kappa shape index (κ2) is 10.4. The van der Waals surface area contributed by atoms with Gasteiger partial charge in [-0.1, -0.05) is 5.21 Å². The highest BCUT2D eigenvalue weighted by Crippen LogP contribution is 2.22. The number of hydrogen-bond acceptors (Lipinski definition) is 7. The molecule has 0 bridgehead atoms. The first-order chi connectivity index (χ1) is 14.1. The van der Waals surface area contributed by atoms with E-state index in [1.807, 2.05) is 10.9 Å². The second-order valence-corrected chi connectivity index (χ2v) is 6.45. The van der Waals surface area contributed by atoms with Crippen LogP contribution in [0.5, 0.6) is 0 Å². The fourth-order valence-electron chi connectivity index (χ4n) is 2.75. The molecule has 0 spiro atoms. The summed E-state index contributed by atoms with van der Waals surface area (Å²) in [7, 11) is 0. The first-order valence-corrected chi connectivity index (χ1v) is 8.88. The third-order valence-electron chi connectivity index (χ3n) is 4.21. The zero-order valence-corrected chi connectivity index (χ0v) is 15.8. The summed E-state index contributed by atoms with van der Waals surface area (Å²) < 4.78 is 33.6. The van der Waals surface area contributed by atoms with Crippen LogP contribution in [0.3, 0.4) is 0 Å².